The molecule has 0 atom stereocenters. The van der Waals surface area contributed by atoms with E-state index in [1.54, 1.807) is 26.5 Å². The molecule has 4 aromatic rings. The molecule has 0 spiro atoms. The SMILES string of the molecule is Cc1ccc(-n2nc(C(C)(C)C)cc2NC(=O)Nc2ccccc2CC2CCN(S(=O)(=O)c3cccs3)CC2)cc1. The summed E-state index contributed by atoms with van der Waals surface area (Å²) in [4.78, 5) is 13.3. The van der Waals surface area contributed by atoms with Gasteiger partial charge >= 0.3 is 6.03 Å². The Bertz CT molecular complexity index is 1600. The van der Waals surface area contributed by atoms with E-state index in [-0.39, 0.29) is 11.4 Å². The average molecular weight is 592 g/mol. The molecule has 3 heterocycles. The van der Waals surface area contributed by atoms with E-state index in [4.69, 9.17) is 5.10 Å². The number of para-hydroxylation sites is 1. The number of thiophene rings is 1. The predicted molar refractivity (Wildman–Crippen MR) is 166 cm³/mol. The second kappa shape index (κ2) is 11.8. The fourth-order valence-corrected chi connectivity index (χ4v) is 7.63. The lowest BCUT2D eigenvalue weighted by Gasteiger charge is -2.31. The monoisotopic (exact) mass is 591 g/mol. The van der Waals surface area contributed by atoms with Crippen LogP contribution in [0.4, 0.5) is 16.3 Å². The van der Waals surface area contributed by atoms with E-state index >= 15 is 0 Å². The molecule has 1 fully saturated rings. The Balaban J connectivity index is 1.26. The summed E-state index contributed by atoms with van der Waals surface area (Å²) < 4.78 is 29.6. The third kappa shape index (κ3) is 6.72. The minimum absolute atomic E-state index is 0.186. The Labute approximate surface area is 246 Å². The third-order valence-electron chi connectivity index (χ3n) is 7.43. The van der Waals surface area contributed by atoms with Crippen LogP contribution in [0, 0.1) is 12.8 Å². The van der Waals surface area contributed by atoms with Crippen molar-refractivity contribution < 1.29 is 13.2 Å². The number of piperidine rings is 1. The van der Waals surface area contributed by atoms with Crippen LogP contribution in [0.25, 0.3) is 5.69 Å². The van der Waals surface area contributed by atoms with E-state index in [0.29, 0.717) is 29.0 Å². The molecule has 0 radical (unpaired) electrons. The molecule has 0 saturated carbocycles. The van der Waals surface area contributed by atoms with Crippen LogP contribution in [0.5, 0.6) is 0 Å². The number of nitrogens with one attached hydrogen (secondary N) is 2. The molecule has 8 nitrogen and oxygen atoms in total. The van der Waals surface area contributed by atoms with Gasteiger partial charge in [-0.05, 0) is 67.3 Å². The molecule has 2 N–H and O–H groups in total. The Morgan fingerprint density at radius 1 is 1.00 bits per heavy atom. The van der Waals surface area contributed by atoms with Gasteiger partial charge in [0.05, 0.1) is 11.4 Å². The van der Waals surface area contributed by atoms with E-state index < -0.39 is 10.0 Å². The van der Waals surface area contributed by atoms with Gasteiger partial charge in [-0.3, -0.25) is 5.32 Å². The van der Waals surface area contributed by atoms with Crippen molar-refractivity contribution in [3.8, 4) is 5.69 Å². The average Bonchev–Trinajstić information content (AvgIpc) is 3.62. The highest BCUT2D eigenvalue weighted by atomic mass is 32.2. The summed E-state index contributed by atoms with van der Waals surface area (Å²) in [6.07, 6.45) is 2.31. The zero-order valence-corrected chi connectivity index (χ0v) is 25.6. The first-order valence-corrected chi connectivity index (χ1v) is 16.2. The summed E-state index contributed by atoms with van der Waals surface area (Å²) in [6, 6.07) is 20.8. The van der Waals surface area contributed by atoms with Crippen molar-refractivity contribution in [1.29, 1.82) is 0 Å². The Morgan fingerprint density at radius 3 is 2.37 bits per heavy atom. The van der Waals surface area contributed by atoms with Gasteiger partial charge < -0.3 is 5.32 Å². The molecule has 2 aromatic heterocycles. The van der Waals surface area contributed by atoms with Gasteiger partial charge in [-0.1, -0.05) is 62.7 Å². The van der Waals surface area contributed by atoms with Crippen LogP contribution in [0.3, 0.4) is 0 Å². The first kappa shape index (κ1) is 29.0. The van der Waals surface area contributed by atoms with E-state index in [1.165, 1.54) is 11.3 Å². The van der Waals surface area contributed by atoms with Gasteiger partial charge in [-0.15, -0.1) is 11.3 Å². The van der Waals surface area contributed by atoms with Crippen LogP contribution in [-0.4, -0.2) is 41.6 Å². The summed E-state index contributed by atoms with van der Waals surface area (Å²) in [5.41, 5.74) is 4.49. The smallest absolute Gasteiger partial charge is 0.307 e. The molecule has 1 aliphatic heterocycles. The van der Waals surface area contributed by atoms with Crippen molar-refractivity contribution in [2.24, 2.45) is 5.92 Å². The largest absolute Gasteiger partial charge is 0.324 e. The summed E-state index contributed by atoms with van der Waals surface area (Å²) >= 11 is 1.26. The molecule has 2 aromatic carbocycles. The minimum atomic E-state index is -3.42. The van der Waals surface area contributed by atoms with Crippen LogP contribution < -0.4 is 10.6 Å². The maximum absolute atomic E-state index is 13.3. The molecule has 41 heavy (non-hydrogen) atoms. The van der Waals surface area contributed by atoms with Crippen molar-refractivity contribution in [2.75, 3.05) is 23.7 Å². The number of hydrogen-bond acceptors (Lipinski definition) is 5. The van der Waals surface area contributed by atoms with Crippen LogP contribution in [0.15, 0.2) is 76.3 Å². The number of amides is 2. The number of carbonyl (C=O) groups excluding carboxylic acids is 1. The number of rotatable bonds is 7. The fraction of sp³-hybridized carbons (Fsp3) is 0.355. The zero-order valence-electron chi connectivity index (χ0n) is 23.9. The third-order valence-corrected chi connectivity index (χ3v) is 10.7. The van der Waals surface area contributed by atoms with Gasteiger partial charge in [0.1, 0.15) is 10.0 Å². The molecular weight excluding hydrogens is 555 g/mol. The summed E-state index contributed by atoms with van der Waals surface area (Å²) in [6.45, 7) is 9.32. The maximum Gasteiger partial charge on any atom is 0.324 e. The topological polar surface area (TPSA) is 96.3 Å². The van der Waals surface area contributed by atoms with Crippen molar-refractivity contribution >= 4 is 38.9 Å². The van der Waals surface area contributed by atoms with Crippen molar-refractivity contribution in [2.45, 2.75) is 56.6 Å². The molecule has 216 valence electrons. The quantitative estimate of drug-likeness (QED) is 0.246. The molecule has 0 aliphatic carbocycles. The molecule has 5 rings (SSSR count). The molecule has 10 heteroatoms. The van der Waals surface area contributed by atoms with Crippen LogP contribution in [-0.2, 0) is 21.9 Å². The Morgan fingerprint density at radius 2 is 1.71 bits per heavy atom. The molecular formula is C31H37N5O3S2. The maximum atomic E-state index is 13.3. The van der Waals surface area contributed by atoms with Crippen LogP contribution >= 0.6 is 11.3 Å². The Hall–Kier alpha value is -3.47. The molecule has 1 saturated heterocycles. The molecule has 0 bridgehead atoms. The lowest BCUT2D eigenvalue weighted by Crippen LogP contribution is -2.38. The normalized spacial score (nSPS) is 15.1. The molecule has 2 amide bonds. The number of sulfonamides is 1. The molecule has 1 aliphatic rings. The number of nitrogens with zero attached hydrogens (tertiary/aromatic N) is 3. The number of hydrogen-bond donors (Lipinski definition) is 2. The first-order chi connectivity index (χ1) is 19.5. The van der Waals surface area contributed by atoms with Gasteiger partial charge in [-0.2, -0.15) is 9.40 Å². The van der Waals surface area contributed by atoms with Crippen molar-refractivity contribution in [1.82, 2.24) is 14.1 Å². The summed E-state index contributed by atoms with van der Waals surface area (Å²) in [5.74, 6) is 0.918. The van der Waals surface area contributed by atoms with E-state index in [0.717, 1.165) is 47.5 Å². The van der Waals surface area contributed by atoms with Crippen molar-refractivity contribution in [3.05, 3.63) is 88.9 Å². The fourth-order valence-electron chi connectivity index (χ4n) is 5.01. The second-order valence-electron chi connectivity index (χ2n) is 11.6. The zero-order chi connectivity index (χ0) is 29.2. The standard InChI is InChI=1S/C31H37N5O3S2/c1-22-11-13-25(14-12-22)36-28(21-27(34-36)31(2,3)4)33-30(37)32-26-9-6-5-8-24(26)20-23-15-17-35(18-16-23)41(38,39)29-10-7-19-40-29/h5-14,19,21,23H,15-18,20H2,1-4H3,(H2,32,33,37). The van der Waals surface area contributed by atoms with Gasteiger partial charge in [0.15, 0.2) is 0 Å². The van der Waals surface area contributed by atoms with Crippen LogP contribution in [0.2, 0.25) is 0 Å². The summed E-state index contributed by atoms with van der Waals surface area (Å²) in [7, 11) is -3.42. The van der Waals surface area contributed by atoms with Gasteiger partial charge in [0.25, 0.3) is 10.0 Å². The lowest BCUT2D eigenvalue weighted by molar-refractivity contribution is 0.261. The van der Waals surface area contributed by atoms with Gasteiger partial charge in [0.2, 0.25) is 0 Å². The highest BCUT2D eigenvalue weighted by Gasteiger charge is 2.30. The number of carbonyl (C=O) groups is 1. The first-order valence-electron chi connectivity index (χ1n) is 13.9. The second-order valence-corrected chi connectivity index (χ2v) is 14.7. The number of benzene rings is 2. The van der Waals surface area contributed by atoms with E-state index in [9.17, 15) is 13.2 Å². The van der Waals surface area contributed by atoms with Gasteiger partial charge in [0, 0.05) is 30.3 Å². The van der Waals surface area contributed by atoms with Gasteiger partial charge in [-0.25, -0.2) is 17.9 Å². The highest BCUT2D eigenvalue weighted by Crippen LogP contribution is 2.30. The minimum Gasteiger partial charge on any atom is -0.307 e. The number of anilines is 2. The van der Waals surface area contributed by atoms with E-state index in [2.05, 4.69) is 31.4 Å². The number of urea groups is 1. The number of aryl methyl sites for hydroxylation is 1. The Kier molecular flexibility index (Phi) is 8.35. The van der Waals surface area contributed by atoms with Crippen LogP contribution in [0.1, 0.15) is 50.4 Å². The molecule has 0 unspecified atom stereocenters. The van der Waals surface area contributed by atoms with E-state index in [1.807, 2.05) is 61.5 Å². The lowest BCUT2D eigenvalue weighted by atomic mass is 9.90. The highest BCUT2D eigenvalue weighted by molar-refractivity contribution is 7.91. The predicted octanol–water partition coefficient (Wildman–Crippen LogP) is 6.83. The summed E-state index contributed by atoms with van der Waals surface area (Å²) in [5, 5.41) is 12.6. The van der Waals surface area contributed by atoms with Crippen molar-refractivity contribution in [3.63, 3.8) is 0 Å². The number of aromatic nitrogens is 2.